The highest BCUT2D eigenvalue weighted by atomic mass is 35.5. The first-order valence-corrected chi connectivity index (χ1v) is 12.0. The number of imide groups is 1. The molecule has 0 saturated heterocycles. The average Bonchev–Trinajstić information content (AvgIpc) is 3.15. The molecule has 0 spiro atoms. The standard InChI is InChI=1S/C27H22Cl2N2O6/c1-36-24(32)14-30-25(33)23(31-26(34)18-5-2-3-6-19(18)27(31)35)13-16-9-11-17(12-10-16)37-15-20-21(28)7-4-8-22(20)29/h2-12,23H,13-15H2,1H3,(H,30,33)/t23-/m0/s1. The summed E-state index contributed by atoms with van der Waals surface area (Å²) in [5.41, 5.74) is 1.77. The van der Waals surface area contributed by atoms with Crippen LogP contribution in [0.5, 0.6) is 5.75 Å². The summed E-state index contributed by atoms with van der Waals surface area (Å²) in [5.74, 6) is -1.93. The molecule has 0 aromatic heterocycles. The number of fused-ring (bicyclic) bond motifs is 1. The quantitative estimate of drug-likeness (QED) is 0.324. The molecule has 1 aliphatic heterocycles. The average molecular weight is 541 g/mol. The molecule has 1 atom stereocenters. The third-order valence-corrected chi connectivity index (χ3v) is 6.58. The SMILES string of the molecule is COC(=O)CNC(=O)[C@H](Cc1ccc(OCc2c(Cl)cccc2Cl)cc1)N1C(=O)c2ccccc2C1=O. The molecular weight excluding hydrogens is 519 g/mol. The lowest BCUT2D eigenvalue weighted by molar-refractivity contribution is -0.141. The lowest BCUT2D eigenvalue weighted by Gasteiger charge is -2.25. The maximum atomic E-state index is 13.1. The van der Waals surface area contributed by atoms with Crippen molar-refractivity contribution >= 4 is 46.9 Å². The Hall–Kier alpha value is -3.88. The Morgan fingerprint density at radius 3 is 2.05 bits per heavy atom. The molecule has 0 saturated carbocycles. The van der Waals surface area contributed by atoms with Crippen LogP contribution >= 0.6 is 23.2 Å². The number of carbonyl (C=O) groups excluding carboxylic acids is 4. The molecule has 0 bridgehead atoms. The smallest absolute Gasteiger partial charge is 0.325 e. The van der Waals surface area contributed by atoms with Gasteiger partial charge in [0.2, 0.25) is 5.91 Å². The highest BCUT2D eigenvalue weighted by molar-refractivity contribution is 6.36. The second-order valence-corrected chi connectivity index (χ2v) is 8.99. The minimum absolute atomic E-state index is 0.0229. The third kappa shape index (κ3) is 5.76. The zero-order chi connectivity index (χ0) is 26.5. The van der Waals surface area contributed by atoms with Gasteiger partial charge < -0.3 is 14.8 Å². The molecule has 1 N–H and O–H groups in total. The van der Waals surface area contributed by atoms with Crippen LogP contribution in [-0.4, -0.2) is 48.3 Å². The van der Waals surface area contributed by atoms with Gasteiger partial charge >= 0.3 is 5.97 Å². The summed E-state index contributed by atoms with van der Waals surface area (Å²) in [5, 5.41) is 3.43. The highest BCUT2D eigenvalue weighted by Crippen LogP contribution is 2.28. The monoisotopic (exact) mass is 540 g/mol. The first-order valence-electron chi connectivity index (χ1n) is 11.3. The normalized spacial score (nSPS) is 13.2. The van der Waals surface area contributed by atoms with E-state index in [0.29, 0.717) is 26.9 Å². The third-order valence-electron chi connectivity index (χ3n) is 5.87. The fourth-order valence-electron chi connectivity index (χ4n) is 3.91. The predicted molar refractivity (Wildman–Crippen MR) is 137 cm³/mol. The van der Waals surface area contributed by atoms with E-state index in [4.69, 9.17) is 27.9 Å². The summed E-state index contributed by atoms with van der Waals surface area (Å²) in [6.45, 7) is -0.238. The van der Waals surface area contributed by atoms with Gasteiger partial charge in [0.25, 0.3) is 11.8 Å². The van der Waals surface area contributed by atoms with Crippen LogP contribution in [0.2, 0.25) is 10.0 Å². The van der Waals surface area contributed by atoms with E-state index in [1.54, 1.807) is 54.6 Å². The zero-order valence-electron chi connectivity index (χ0n) is 19.7. The molecule has 1 aliphatic rings. The molecule has 10 heteroatoms. The Labute approximate surface area is 223 Å². The van der Waals surface area contributed by atoms with Gasteiger partial charge in [-0.15, -0.1) is 0 Å². The van der Waals surface area contributed by atoms with E-state index >= 15 is 0 Å². The van der Waals surface area contributed by atoms with Crippen molar-refractivity contribution in [2.75, 3.05) is 13.7 Å². The molecule has 0 fully saturated rings. The number of nitrogens with zero attached hydrogens (tertiary/aromatic N) is 1. The van der Waals surface area contributed by atoms with Gasteiger partial charge in [-0.2, -0.15) is 0 Å². The minimum Gasteiger partial charge on any atom is -0.489 e. The first kappa shape index (κ1) is 26.2. The number of ether oxygens (including phenoxy) is 2. The van der Waals surface area contributed by atoms with Crippen LogP contribution < -0.4 is 10.1 Å². The number of benzene rings is 3. The first-order chi connectivity index (χ1) is 17.8. The number of halogens is 2. The van der Waals surface area contributed by atoms with Gasteiger partial charge in [-0.1, -0.05) is 53.5 Å². The lowest BCUT2D eigenvalue weighted by atomic mass is 10.0. The summed E-state index contributed by atoms with van der Waals surface area (Å²) >= 11 is 12.4. The van der Waals surface area contributed by atoms with Crippen molar-refractivity contribution in [3.05, 3.63) is 99.0 Å². The fourth-order valence-corrected chi connectivity index (χ4v) is 4.42. The Kier molecular flexibility index (Phi) is 8.11. The highest BCUT2D eigenvalue weighted by Gasteiger charge is 2.42. The second kappa shape index (κ2) is 11.5. The summed E-state index contributed by atoms with van der Waals surface area (Å²) < 4.78 is 10.4. The second-order valence-electron chi connectivity index (χ2n) is 8.17. The van der Waals surface area contributed by atoms with Crippen LogP contribution in [0.15, 0.2) is 66.7 Å². The van der Waals surface area contributed by atoms with Gasteiger partial charge in [-0.05, 0) is 42.0 Å². The van der Waals surface area contributed by atoms with E-state index in [2.05, 4.69) is 10.1 Å². The molecule has 3 amide bonds. The molecule has 37 heavy (non-hydrogen) atoms. The van der Waals surface area contributed by atoms with Crippen LogP contribution in [0, 0.1) is 0 Å². The van der Waals surface area contributed by atoms with Gasteiger partial charge in [-0.3, -0.25) is 24.1 Å². The van der Waals surface area contributed by atoms with E-state index < -0.39 is 36.3 Å². The largest absolute Gasteiger partial charge is 0.489 e. The van der Waals surface area contributed by atoms with Gasteiger partial charge in [0.1, 0.15) is 24.9 Å². The Morgan fingerprint density at radius 1 is 0.892 bits per heavy atom. The minimum atomic E-state index is -1.19. The van der Waals surface area contributed by atoms with E-state index in [-0.39, 0.29) is 24.2 Å². The van der Waals surface area contributed by atoms with Gasteiger partial charge in [0.05, 0.1) is 18.2 Å². The summed E-state index contributed by atoms with van der Waals surface area (Å²) in [6, 6.07) is 17.2. The van der Waals surface area contributed by atoms with E-state index in [9.17, 15) is 19.2 Å². The van der Waals surface area contributed by atoms with Crippen molar-refractivity contribution in [3.8, 4) is 5.75 Å². The number of esters is 1. The van der Waals surface area contributed by atoms with E-state index in [1.807, 2.05) is 0 Å². The number of rotatable bonds is 9. The number of carbonyl (C=O) groups is 4. The van der Waals surface area contributed by atoms with Crippen molar-refractivity contribution < 1.29 is 28.7 Å². The maximum Gasteiger partial charge on any atom is 0.325 e. The number of hydrogen-bond donors (Lipinski definition) is 1. The van der Waals surface area contributed by atoms with E-state index in [0.717, 1.165) is 4.90 Å². The molecule has 190 valence electrons. The topological polar surface area (TPSA) is 102 Å². The summed E-state index contributed by atoms with van der Waals surface area (Å²) in [4.78, 5) is 51.7. The van der Waals surface area contributed by atoms with Gasteiger partial charge in [-0.25, -0.2) is 0 Å². The Balaban J connectivity index is 1.52. The lowest BCUT2D eigenvalue weighted by Crippen LogP contribution is -2.51. The fraction of sp³-hybridized carbons (Fsp3) is 0.185. The van der Waals surface area contributed by atoms with E-state index in [1.165, 1.54) is 19.2 Å². The Morgan fingerprint density at radius 2 is 1.49 bits per heavy atom. The number of nitrogens with one attached hydrogen (secondary N) is 1. The van der Waals surface area contributed by atoms with Crippen LogP contribution in [0.25, 0.3) is 0 Å². The van der Waals surface area contributed by atoms with Crippen molar-refractivity contribution in [2.45, 2.75) is 19.1 Å². The van der Waals surface area contributed by atoms with Crippen LogP contribution in [0.3, 0.4) is 0 Å². The molecule has 0 radical (unpaired) electrons. The number of hydrogen-bond acceptors (Lipinski definition) is 6. The van der Waals surface area contributed by atoms with Crippen molar-refractivity contribution in [2.24, 2.45) is 0 Å². The Bertz CT molecular complexity index is 1300. The molecule has 0 aliphatic carbocycles. The number of amides is 3. The molecule has 1 heterocycles. The van der Waals surface area contributed by atoms with Gasteiger partial charge in [0, 0.05) is 22.0 Å². The van der Waals surface area contributed by atoms with Crippen molar-refractivity contribution in [1.82, 2.24) is 10.2 Å². The molecule has 4 rings (SSSR count). The molecule has 3 aromatic rings. The van der Waals surface area contributed by atoms with Crippen molar-refractivity contribution in [1.29, 1.82) is 0 Å². The summed E-state index contributed by atoms with van der Waals surface area (Å²) in [6.07, 6.45) is 0.0229. The molecule has 0 unspecified atom stereocenters. The zero-order valence-corrected chi connectivity index (χ0v) is 21.2. The maximum absolute atomic E-state index is 13.1. The van der Waals surface area contributed by atoms with Crippen LogP contribution in [-0.2, 0) is 27.4 Å². The summed E-state index contributed by atoms with van der Waals surface area (Å²) in [7, 11) is 1.19. The van der Waals surface area contributed by atoms with Crippen LogP contribution in [0.4, 0.5) is 0 Å². The molecule has 3 aromatic carbocycles. The predicted octanol–water partition coefficient (Wildman–Crippen LogP) is 4.07. The van der Waals surface area contributed by atoms with Crippen LogP contribution in [0.1, 0.15) is 31.8 Å². The number of methoxy groups -OCH3 is 1. The molecule has 8 nitrogen and oxygen atoms in total. The van der Waals surface area contributed by atoms with Crippen molar-refractivity contribution in [3.63, 3.8) is 0 Å². The molecular formula is C27H22Cl2N2O6. The van der Waals surface area contributed by atoms with Gasteiger partial charge in [0.15, 0.2) is 0 Å².